The largest absolute Gasteiger partial charge is 0.339 e. The third-order valence-corrected chi connectivity index (χ3v) is 2.89. The van der Waals surface area contributed by atoms with Crippen LogP contribution >= 0.6 is 0 Å². The van der Waals surface area contributed by atoms with Crippen molar-refractivity contribution >= 4 is 11.8 Å². The van der Waals surface area contributed by atoms with E-state index in [1.165, 1.54) is 0 Å². The second-order valence-electron chi connectivity index (χ2n) is 3.74. The first kappa shape index (κ1) is 9.45. The molecule has 5 heteroatoms. The first-order valence-electron chi connectivity index (χ1n) is 5.00. The van der Waals surface area contributed by atoms with Gasteiger partial charge >= 0.3 is 0 Å². The Morgan fingerprint density at radius 3 is 2.93 bits per heavy atom. The zero-order valence-electron chi connectivity index (χ0n) is 8.32. The summed E-state index contributed by atoms with van der Waals surface area (Å²) in [5, 5.41) is 3.06. The number of amides is 2. The summed E-state index contributed by atoms with van der Waals surface area (Å²) in [4.78, 5) is 26.5. The summed E-state index contributed by atoms with van der Waals surface area (Å²) in [6, 6.07) is 0.175. The van der Waals surface area contributed by atoms with Crippen LogP contribution in [0.25, 0.3) is 0 Å². The van der Waals surface area contributed by atoms with Gasteiger partial charge in [-0.05, 0) is 6.92 Å². The lowest BCUT2D eigenvalue weighted by Crippen LogP contribution is -2.65. The topological polar surface area (TPSA) is 52.7 Å². The van der Waals surface area contributed by atoms with Gasteiger partial charge in [0.05, 0.1) is 12.6 Å². The van der Waals surface area contributed by atoms with E-state index in [0.717, 1.165) is 13.1 Å². The number of rotatable bonds is 1. The maximum Gasteiger partial charge on any atom is 0.242 e. The van der Waals surface area contributed by atoms with Crippen molar-refractivity contribution in [3.8, 4) is 0 Å². The van der Waals surface area contributed by atoms with Gasteiger partial charge < -0.3 is 15.1 Å². The SMILES string of the molecule is CCN1CC2CNCC(=O)N2CC1=O. The Morgan fingerprint density at radius 2 is 2.21 bits per heavy atom. The van der Waals surface area contributed by atoms with E-state index in [1.807, 2.05) is 6.92 Å². The molecule has 2 saturated heterocycles. The second-order valence-corrected chi connectivity index (χ2v) is 3.74. The van der Waals surface area contributed by atoms with Crippen molar-refractivity contribution in [1.82, 2.24) is 15.1 Å². The highest BCUT2D eigenvalue weighted by Gasteiger charge is 2.36. The lowest BCUT2D eigenvalue weighted by molar-refractivity contribution is -0.150. The van der Waals surface area contributed by atoms with Gasteiger partial charge in [0.1, 0.15) is 6.54 Å². The summed E-state index contributed by atoms with van der Waals surface area (Å²) in [5.74, 6) is 0.115. The molecule has 1 unspecified atom stereocenters. The molecule has 78 valence electrons. The van der Waals surface area contributed by atoms with Crippen molar-refractivity contribution in [1.29, 1.82) is 0 Å². The second kappa shape index (κ2) is 3.57. The van der Waals surface area contributed by atoms with E-state index >= 15 is 0 Å². The minimum atomic E-state index is 0.0466. The maximum absolute atomic E-state index is 11.5. The van der Waals surface area contributed by atoms with Gasteiger partial charge in [-0.25, -0.2) is 0 Å². The van der Waals surface area contributed by atoms with Gasteiger partial charge in [0, 0.05) is 19.6 Å². The molecule has 0 aromatic rings. The van der Waals surface area contributed by atoms with Gasteiger partial charge in [-0.1, -0.05) is 0 Å². The molecule has 0 spiro atoms. The molecule has 1 N–H and O–H groups in total. The fourth-order valence-electron chi connectivity index (χ4n) is 2.05. The maximum atomic E-state index is 11.5. The lowest BCUT2D eigenvalue weighted by Gasteiger charge is -2.43. The number of nitrogens with zero attached hydrogens (tertiary/aromatic N) is 2. The van der Waals surface area contributed by atoms with E-state index in [1.54, 1.807) is 9.80 Å². The van der Waals surface area contributed by atoms with Crippen LogP contribution in [-0.4, -0.2) is 60.4 Å². The molecule has 2 aliphatic rings. The summed E-state index contributed by atoms with van der Waals surface area (Å²) in [6.07, 6.45) is 0. The Labute approximate surface area is 83.0 Å². The Bertz CT molecular complexity index is 267. The number of hydrogen-bond acceptors (Lipinski definition) is 3. The van der Waals surface area contributed by atoms with Crippen molar-refractivity contribution in [3.05, 3.63) is 0 Å². The number of nitrogens with one attached hydrogen (secondary N) is 1. The van der Waals surface area contributed by atoms with Crippen LogP contribution in [-0.2, 0) is 9.59 Å². The lowest BCUT2D eigenvalue weighted by atomic mass is 10.1. The van der Waals surface area contributed by atoms with Crippen molar-refractivity contribution in [3.63, 3.8) is 0 Å². The van der Waals surface area contributed by atoms with Crippen molar-refractivity contribution in [2.24, 2.45) is 0 Å². The number of fused-ring (bicyclic) bond motifs is 1. The van der Waals surface area contributed by atoms with Gasteiger partial charge in [0.25, 0.3) is 0 Å². The summed E-state index contributed by atoms with van der Waals surface area (Å²) < 4.78 is 0. The quantitative estimate of drug-likeness (QED) is 0.565. The number of carbonyl (C=O) groups excluding carboxylic acids is 2. The Balaban J connectivity index is 2.10. The molecule has 0 radical (unpaired) electrons. The fourth-order valence-corrected chi connectivity index (χ4v) is 2.05. The Kier molecular flexibility index (Phi) is 2.41. The van der Waals surface area contributed by atoms with Crippen molar-refractivity contribution in [2.75, 3.05) is 32.7 Å². The molecule has 0 aliphatic carbocycles. The predicted octanol–water partition coefficient (Wildman–Crippen LogP) is -1.35. The number of piperazine rings is 2. The van der Waals surface area contributed by atoms with Gasteiger partial charge in [-0.2, -0.15) is 0 Å². The first-order chi connectivity index (χ1) is 6.72. The third kappa shape index (κ3) is 1.48. The van der Waals surface area contributed by atoms with E-state index < -0.39 is 0 Å². The monoisotopic (exact) mass is 197 g/mol. The van der Waals surface area contributed by atoms with E-state index in [9.17, 15) is 9.59 Å². The van der Waals surface area contributed by atoms with Crippen molar-refractivity contribution < 1.29 is 9.59 Å². The van der Waals surface area contributed by atoms with Gasteiger partial charge in [-0.15, -0.1) is 0 Å². The minimum absolute atomic E-state index is 0.0466. The molecule has 2 heterocycles. The average Bonchev–Trinajstić information content (AvgIpc) is 2.19. The first-order valence-corrected chi connectivity index (χ1v) is 5.00. The zero-order valence-corrected chi connectivity index (χ0v) is 8.32. The summed E-state index contributed by atoms with van der Waals surface area (Å²) in [7, 11) is 0. The van der Waals surface area contributed by atoms with E-state index in [4.69, 9.17) is 0 Å². The molecular weight excluding hydrogens is 182 g/mol. The van der Waals surface area contributed by atoms with E-state index in [-0.39, 0.29) is 24.4 Å². The van der Waals surface area contributed by atoms with Gasteiger partial charge in [0.15, 0.2) is 0 Å². The van der Waals surface area contributed by atoms with Crippen LogP contribution in [0.15, 0.2) is 0 Å². The summed E-state index contributed by atoms with van der Waals surface area (Å²) >= 11 is 0. The number of likely N-dealkylation sites (N-methyl/N-ethyl adjacent to an activating group) is 1. The van der Waals surface area contributed by atoms with Crippen LogP contribution in [0.3, 0.4) is 0 Å². The number of hydrogen-bond donors (Lipinski definition) is 1. The van der Waals surface area contributed by atoms with Crippen LogP contribution in [0.1, 0.15) is 6.92 Å². The van der Waals surface area contributed by atoms with E-state index in [0.29, 0.717) is 13.1 Å². The van der Waals surface area contributed by atoms with Crippen LogP contribution in [0, 0.1) is 0 Å². The molecule has 14 heavy (non-hydrogen) atoms. The molecule has 5 nitrogen and oxygen atoms in total. The zero-order chi connectivity index (χ0) is 10.1. The third-order valence-electron chi connectivity index (χ3n) is 2.89. The Morgan fingerprint density at radius 1 is 1.43 bits per heavy atom. The molecule has 2 fully saturated rings. The molecule has 0 saturated carbocycles. The van der Waals surface area contributed by atoms with Crippen LogP contribution in [0.4, 0.5) is 0 Å². The molecule has 1 atom stereocenters. The number of carbonyl (C=O) groups is 2. The van der Waals surface area contributed by atoms with Gasteiger partial charge in [-0.3, -0.25) is 9.59 Å². The smallest absolute Gasteiger partial charge is 0.242 e. The fraction of sp³-hybridized carbons (Fsp3) is 0.778. The highest BCUT2D eigenvalue weighted by molar-refractivity contribution is 5.87. The molecule has 2 amide bonds. The van der Waals surface area contributed by atoms with Crippen LogP contribution in [0.2, 0.25) is 0 Å². The normalized spacial score (nSPS) is 27.9. The molecule has 2 rings (SSSR count). The molecule has 0 aromatic carbocycles. The molecular formula is C9H15N3O2. The molecule has 2 aliphatic heterocycles. The average molecular weight is 197 g/mol. The summed E-state index contributed by atoms with van der Waals surface area (Å²) in [5.41, 5.74) is 0. The van der Waals surface area contributed by atoms with Gasteiger partial charge in [0.2, 0.25) is 11.8 Å². The highest BCUT2D eigenvalue weighted by Crippen LogP contribution is 2.12. The minimum Gasteiger partial charge on any atom is -0.339 e. The van der Waals surface area contributed by atoms with E-state index in [2.05, 4.69) is 5.32 Å². The highest BCUT2D eigenvalue weighted by atomic mass is 16.2. The Hall–Kier alpha value is -1.10. The predicted molar refractivity (Wildman–Crippen MR) is 50.6 cm³/mol. The molecule has 0 bridgehead atoms. The van der Waals surface area contributed by atoms with Crippen LogP contribution < -0.4 is 5.32 Å². The molecule has 0 aromatic heterocycles. The summed E-state index contributed by atoms with van der Waals surface area (Å²) in [6.45, 7) is 4.81. The standard InChI is InChI=1S/C9H15N3O2/c1-2-11-5-7-3-10-4-8(13)12(7)6-9(11)14/h7,10H,2-6H2,1H3. The van der Waals surface area contributed by atoms with Crippen molar-refractivity contribution in [2.45, 2.75) is 13.0 Å². The van der Waals surface area contributed by atoms with Crippen LogP contribution in [0.5, 0.6) is 0 Å².